The first-order valence-electron chi connectivity index (χ1n) is 6.31. The number of ether oxygens (including phenoxy) is 3. The van der Waals surface area contributed by atoms with Crippen LogP contribution >= 0.6 is 11.6 Å². The number of hydrogen-bond acceptors (Lipinski definition) is 4. The number of methoxy groups -OCH3 is 1. The molecule has 21 heavy (non-hydrogen) atoms. The van der Waals surface area contributed by atoms with E-state index in [0.29, 0.717) is 35.0 Å². The summed E-state index contributed by atoms with van der Waals surface area (Å²) in [5.74, 6) is 0.769. The molecule has 0 aromatic heterocycles. The highest BCUT2D eigenvalue weighted by molar-refractivity contribution is 6.32. The van der Waals surface area contributed by atoms with E-state index < -0.39 is 0 Å². The average Bonchev–Trinajstić information content (AvgIpc) is 2.52. The summed E-state index contributed by atoms with van der Waals surface area (Å²) in [7, 11) is 1.51. The molecule has 0 aliphatic heterocycles. The molecule has 0 aliphatic rings. The van der Waals surface area contributed by atoms with Crippen molar-refractivity contribution in [1.82, 2.24) is 0 Å². The number of aldehydes is 1. The fourth-order valence-corrected chi connectivity index (χ4v) is 2.03. The van der Waals surface area contributed by atoms with Crippen molar-refractivity contribution in [3.8, 4) is 11.5 Å². The maximum atomic E-state index is 10.9. The van der Waals surface area contributed by atoms with E-state index in [-0.39, 0.29) is 6.79 Å². The van der Waals surface area contributed by atoms with E-state index in [4.69, 9.17) is 25.8 Å². The van der Waals surface area contributed by atoms with E-state index in [2.05, 4.69) is 0 Å². The van der Waals surface area contributed by atoms with E-state index in [1.54, 1.807) is 6.07 Å². The van der Waals surface area contributed by atoms with E-state index >= 15 is 0 Å². The molecule has 0 atom stereocenters. The van der Waals surface area contributed by atoms with Gasteiger partial charge < -0.3 is 14.2 Å². The van der Waals surface area contributed by atoms with Gasteiger partial charge in [0.25, 0.3) is 0 Å². The number of rotatable bonds is 7. The SMILES string of the molecule is COCOc1cc(C=O)cc(Cl)c1OCc1ccccc1. The van der Waals surface area contributed by atoms with E-state index in [1.807, 2.05) is 30.3 Å². The largest absolute Gasteiger partial charge is 0.483 e. The fourth-order valence-electron chi connectivity index (χ4n) is 1.76. The molecule has 110 valence electrons. The average molecular weight is 307 g/mol. The molecular formula is C16H15ClO4. The molecule has 0 aliphatic carbocycles. The van der Waals surface area contributed by atoms with Gasteiger partial charge in [-0.1, -0.05) is 41.9 Å². The van der Waals surface area contributed by atoms with E-state index in [0.717, 1.165) is 5.56 Å². The van der Waals surface area contributed by atoms with Crippen molar-refractivity contribution in [3.05, 3.63) is 58.6 Å². The summed E-state index contributed by atoms with van der Waals surface area (Å²) in [5, 5.41) is 0.321. The predicted molar refractivity (Wildman–Crippen MR) is 80.1 cm³/mol. The highest BCUT2D eigenvalue weighted by Gasteiger charge is 2.13. The zero-order valence-corrected chi connectivity index (χ0v) is 12.3. The Hall–Kier alpha value is -2.04. The minimum Gasteiger partial charge on any atom is -0.483 e. The standard InChI is InChI=1S/C16H15ClO4/c1-19-11-21-15-8-13(9-18)7-14(17)16(15)20-10-12-5-3-2-4-6-12/h2-9H,10-11H2,1H3. The van der Waals surface area contributed by atoms with Gasteiger partial charge in [-0.15, -0.1) is 0 Å². The van der Waals surface area contributed by atoms with Crippen molar-refractivity contribution in [2.24, 2.45) is 0 Å². The molecule has 4 nitrogen and oxygen atoms in total. The lowest BCUT2D eigenvalue weighted by Crippen LogP contribution is -2.04. The quantitative estimate of drug-likeness (QED) is 0.578. The highest BCUT2D eigenvalue weighted by Crippen LogP contribution is 2.36. The Morgan fingerprint density at radius 1 is 1.14 bits per heavy atom. The lowest BCUT2D eigenvalue weighted by Gasteiger charge is -2.14. The van der Waals surface area contributed by atoms with Gasteiger partial charge in [-0.2, -0.15) is 0 Å². The van der Waals surface area contributed by atoms with Gasteiger partial charge in [-0.25, -0.2) is 0 Å². The smallest absolute Gasteiger partial charge is 0.188 e. The topological polar surface area (TPSA) is 44.8 Å². The normalized spacial score (nSPS) is 10.2. The van der Waals surface area contributed by atoms with Crippen LogP contribution in [0.25, 0.3) is 0 Å². The zero-order valence-electron chi connectivity index (χ0n) is 11.5. The van der Waals surface area contributed by atoms with Gasteiger partial charge in [-0.05, 0) is 17.7 Å². The van der Waals surface area contributed by atoms with Gasteiger partial charge in [0.15, 0.2) is 18.3 Å². The monoisotopic (exact) mass is 306 g/mol. The van der Waals surface area contributed by atoms with Crippen LogP contribution in [0.4, 0.5) is 0 Å². The first-order valence-corrected chi connectivity index (χ1v) is 6.69. The van der Waals surface area contributed by atoms with Gasteiger partial charge in [0.05, 0.1) is 5.02 Å². The van der Waals surface area contributed by atoms with Crippen LogP contribution in [-0.4, -0.2) is 20.2 Å². The van der Waals surface area contributed by atoms with Crippen molar-refractivity contribution in [3.63, 3.8) is 0 Å². The summed E-state index contributed by atoms with van der Waals surface area (Å²) in [5.41, 5.74) is 1.42. The summed E-state index contributed by atoms with van der Waals surface area (Å²) in [6, 6.07) is 12.8. The number of benzene rings is 2. The molecule has 0 heterocycles. The Morgan fingerprint density at radius 2 is 1.90 bits per heavy atom. The van der Waals surface area contributed by atoms with Gasteiger partial charge in [0.2, 0.25) is 0 Å². The van der Waals surface area contributed by atoms with Crippen molar-refractivity contribution < 1.29 is 19.0 Å². The van der Waals surface area contributed by atoms with Crippen molar-refractivity contribution in [2.45, 2.75) is 6.61 Å². The van der Waals surface area contributed by atoms with Crippen LogP contribution in [0.15, 0.2) is 42.5 Å². The van der Waals surface area contributed by atoms with Crippen LogP contribution in [-0.2, 0) is 11.3 Å². The van der Waals surface area contributed by atoms with Crippen molar-refractivity contribution >= 4 is 17.9 Å². The summed E-state index contributed by atoms with van der Waals surface area (Å²) < 4.78 is 16.0. The lowest BCUT2D eigenvalue weighted by molar-refractivity contribution is 0.0483. The molecular weight excluding hydrogens is 292 g/mol. The third-order valence-corrected chi connectivity index (χ3v) is 3.01. The Bertz CT molecular complexity index is 599. The summed E-state index contributed by atoms with van der Waals surface area (Å²) in [6.07, 6.45) is 0.701. The number of halogens is 1. The maximum Gasteiger partial charge on any atom is 0.188 e. The molecule has 0 N–H and O–H groups in total. The Labute approximate surface area is 128 Å². The fraction of sp³-hybridized carbons (Fsp3) is 0.188. The second kappa shape index (κ2) is 7.67. The minimum absolute atomic E-state index is 0.0420. The van der Waals surface area contributed by atoms with Crippen LogP contribution < -0.4 is 9.47 Å². The summed E-state index contributed by atoms with van der Waals surface area (Å²) >= 11 is 6.15. The molecule has 0 saturated carbocycles. The molecule has 0 spiro atoms. The molecule has 0 amide bonds. The molecule has 5 heteroatoms. The third kappa shape index (κ3) is 4.21. The van der Waals surface area contributed by atoms with Crippen molar-refractivity contribution in [1.29, 1.82) is 0 Å². The molecule has 0 bridgehead atoms. The second-order valence-corrected chi connectivity index (χ2v) is 4.68. The number of hydrogen-bond donors (Lipinski definition) is 0. The maximum absolute atomic E-state index is 10.9. The van der Waals surface area contributed by atoms with Crippen molar-refractivity contribution in [2.75, 3.05) is 13.9 Å². The first-order chi connectivity index (χ1) is 10.2. The molecule has 0 unspecified atom stereocenters. The number of carbonyl (C=O) groups excluding carboxylic acids is 1. The molecule has 2 aromatic rings. The Morgan fingerprint density at radius 3 is 2.57 bits per heavy atom. The minimum atomic E-state index is 0.0420. The number of carbonyl (C=O) groups is 1. The van der Waals surface area contributed by atoms with Gasteiger partial charge in [0, 0.05) is 12.7 Å². The van der Waals surface area contributed by atoms with E-state index in [1.165, 1.54) is 13.2 Å². The van der Waals surface area contributed by atoms with Crippen LogP contribution in [0.3, 0.4) is 0 Å². The molecule has 0 fully saturated rings. The van der Waals surface area contributed by atoms with Crippen LogP contribution in [0, 0.1) is 0 Å². The van der Waals surface area contributed by atoms with Gasteiger partial charge >= 0.3 is 0 Å². The Balaban J connectivity index is 2.21. The second-order valence-electron chi connectivity index (χ2n) is 4.27. The third-order valence-electron chi connectivity index (χ3n) is 2.73. The van der Waals surface area contributed by atoms with E-state index in [9.17, 15) is 4.79 Å². The van der Waals surface area contributed by atoms with Crippen LogP contribution in [0.2, 0.25) is 5.02 Å². The first kappa shape index (κ1) is 15.4. The van der Waals surface area contributed by atoms with Gasteiger partial charge in [-0.3, -0.25) is 4.79 Å². The Kier molecular flexibility index (Phi) is 5.60. The molecule has 0 radical (unpaired) electrons. The molecule has 0 saturated heterocycles. The highest BCUT2D eigenvalue weighted by atomic mass is 35.5. The lowest BCUT2D eigenvalue weighted by atomic mass is 10.2. The summed E-state index contributed by atoms with van der Waals surface area (Å²) in [4.78, 5) is 10.9. The summed E-state index contributed by atoms with van der Waals surface area (Å²) in [6.45, 7) is 0.394. The predicted octanol–water partition coefficient (Wildman–Crippen LogP) is 3.71. The zero-order chi connectivity index (χ0) is 15.1. The molecule has 2 rings (SSSR count). The van der Waals surface area contributed by atoms with Crippen LogP contribution in [0.5, 0.6) is 11.5 Å². The van der Waals surface area contributed by atoms with Crippen LogP contribution in [0.1, 0.15) is 15.9 Å². The van der Waals surface area contributed by atoms with Gasteiger partial charge in [0.1, 0.15) is 12.9 Å². The molecule has 2 aromatic carbocycles.